The maximum atomic E-state index is 12.8. The first kappa shape index (κ1) is 15.8. The Balaban J connectivity index is 1.56. The summed E-state index contributed by atoms with van der Waals surface area (Å²) in [5, 5.41) is 0. The number of carbonyl (C=O) groups is 1. The van der Waals surface area contributed by atoms with Crippen LogP contribution in [-0.4, -0.2) is 58.5 Å². The molecule has 0 saturated carbocycles. The number of likely N-dealkylation sites (N-methyl/N-ethyl adjacent to an activating group) is 1. The number of benzene rings is 2. The molecule has 4 rings (SSSR count). The van der Waals surface area contributed by atoms with Crippen LogP contribution in [0.1, 0.15) is 16.8 Å². The zero-order chi connectivity index (χ0) is 17.2. The highest BCUT2D eigenvalue weighted by molar-refractivity contribution is 5.94. The van der Waals surface area contributed by atoms with Gasteiger partial charge in [0.15, 0.2) is 0 Å². The Labute approximate surface area is 147 Å². The summed E-state index contributed by atoms with van der Waals surface area (Å²) in [6.07, 6.45) is 2.85. The number of amides is 1. The number of para-hydroxylation sites is 2. The van der Waals surface area contributed by atoms with Crippen molar-refractivity contribution in [2.45, 2.75) is 6.42 Å². The maximum Gasteiger partial charge on any atom is 0.253 e. The van der Waals surface area contributed by atoms with Crippen molar-refractivity contribution in [3.63, 3.8) is 0 Å². The van der Waals surface area contributed by atoms with Crippen LogP contribution in [0.25, 0.3) is 16.7 Å². The number of rotatable bonds is 2. The van der Waals surface area contributed by atoms with E-state index in [1.54, 1.807) is 0 Å². The fourth-order valence-corrected chi connectivity index (χ4v) is 3.36. The van der Waals surface area contributed by atoms with Gasteiger partial charge in [-0.2, -0.15) is 0 Å². The zero-order valence-electron chi connectivity index (χ0n) is 14.4. The molecule has 2 heterocycles. The minimum Gasteiger partial charge on any atom is -0.337 e. The van der Waals surface area contributed by atoms with E-state index in [1.165, 1.54) is 0 Å². The first-order valence-electron chi connectivity index (χ1n) is 8.73. The van der Waals surface area contributed by atoms with Crippen LogP contribution in [-0.2, 0) is 0 Å². The molecule has 1 saturated heterocycles. The van der Waals surface area contributed by atoms with Gasteiger partial charge in [-0.15, -0.1) is 0 Å². The number of hydrogen-bond donors (Lipinski definition) is 0. The lowest BCUT2D eigenvalue weighted by Gasteiger charge is -2.20. The zero-order valence-corrected chi connectivity index (χ0v) is 14.4. The van der Waals surface area contributed by atoms with E-state index in [9.17, 15) is 4.79 Å². The molecule has 0 bridgehead atoms. The number of nitrogens with zero attached hydrogens (tertiary/aromatic N) is 4. The predicted octanol–water partition coefficient (Wildman–Crippen LogP) is 2.80. The summed E-state index contributed by atoms with van der Waals surface area (Å²) >= 11 is 0. The molecule has 0 unspecified atom stereocenters. The van der Waals surface area contributed by atoms with E-state index in [2.05, 4.69) is 23.0 Å². The molecular formula is C20H22N4O. The van der Waals surface area contributed by atoms with Crippen molar-refractivity contribution in [2.75, 3.05) is 33.2 Å². The molecule has 5 nitrogen and oxygen atoms in total. The lowest BCUT2D eigenvalue weighted by atomic mass is 10.1. The fraction of sp³-hybridized carbons (Fsp3) is 0.300. The van der Waals surface area contributed by atoms with Crippen molar-refractivity contribution in [1.82, 2.24) is 19.4 Å². The molecule has 128 valence electrons. The van der Waals surface area contributed by atoms with Gasteiger partial charge in [-0.05, 0) is 56.4 Å². The standard InChI is InChI=1S/C20H22N4O/c1-22-11-4-12-23(14-13-22)20(25)16-7-9-17(10-8-16)24-15-21-18-5-2-3-6-19(18)24/h2-3,5-10,15H,4,11-14H2,1H3. The normalized spacial score (nSPS) is 16.1. The molecule has 0 atom stereocenters. The SMILES string of the molecule is CN1CCCN(C(=O)c2ccc(-n3cnc4ccccc43)cc2)CC1. The Morgan fingerprint density at radius 3 is 2.60 bits per heavy atom. The molecule has 0 radical (unpaired) electrons. The van der Waals surface area contributed by atoms with E-state index in [0.29, 0.717) is 0 Å². The Kier molecular flexibility index (Phi) is 4.24. The lowest BCUT2D eigenvalue weighted by molar-refractivity contribution is 0.0763. The molecule has 0 aliphatic carbocycles. The average Bonchev–Trinajstić information content (AvgIpc) is 2.96. The van der Waals surface area contributed by atoms with Gasteiger partial charge >= 0.3 is 0 Å². The first-order chi connectivity index (χ1) is 12.2. The molecule has 5 heteroatoms. The summed E-state index contributed by atoms with van der Waals surface area (Å²) in [4.78, 5) is 21.4. The largest absolute Gasteiger partial charge is 0.337 e. The number of imidazole rings is 1. The van der Waals surface area contributed by atoms with Gasteiger partial charge in [0.05, 0.1) is 11.0 Å². The molecule has 1 aromatic heterocycles. The van der Waals surface area contributed by atoms with Gasteiger partial charge in [-0.25, -0.2) is 4.98 Å². The van der Waals surface area contributed by atoms with Gasteiger partial charge < -0.3 is 9.80 Å². The summed E-state index contributed by atoms with van der Waals surface area (Å²) in [6, 6.07) is 15.9. The van der Waals surface area contributed by atoms with Crippen molar-refractivity contribution < 1.29 is 4.79 Å². The molecule has 1 amide bonds. The van der Waals surface area contributed by atoms with Crippen LogP contribution < -0.4 is 0 Å². The van der Waals surface area contributed by atoms with Gasteiger partial charge in [0.2, 0.25) is 0 Å². The highest BCUT2D eigenvalue weighted by Gasteiger charge is 2.18. The molecule has 3 aromatic rings. The van der Waals surface area contributed by atoms with Crippen LogP contribution in [0.5, 0.6) is 0 Å². The number of hydrogen-bond acceptors (Lipinski definition) is 3. The van der Waals surface area contributed by atoms with Crippen LogP contribution in [0, 0.1) is 0 Å². The maximum absolute atomic E-state index is 12.8. The van der Waals surface area contributed by atoms with E-state index < -0.39 is 0 Å². The Morgan fingerprint density at radius 1 is 0.960 bits per heavy atom. The second-order valence-corrected chi connectivity index (χ2v) is 6.60. The lowest BCUT2D eigenvalue weighted by Crippen LogP contribution is -2.34. The Morgan fingerprint density at radius 2 is 1.76 bits per heavy atom. The smallest absolute Gasteiger partial charge is 0.253 e. The summed E-state index contributed by atoms with van der Waals surface area (Å²) in [6.45, 7) is 3.61. The van der Waals surface area contributed by atoms with Crippen LogP contribution in [0.4, 0.5) is 0 Å². The van der Waals surface area contributed by atoms with E-state index >= 15 is 0 Å². The van der Waals surface area contributed by atoms with Crippen molar-refractivity contribution in [3.05, 3.63) is 60.4 Å². The molecule has 0 spiro atoms. The summed E-state index contributed by atoms with van der Waals surface area (Å²) in [5.74, 6) is 0.123. The van der Waals surface area contributed by atoms with Gasteiger partial charge in [0.25, 0.3) is 5.91 Å². The average molecular weight is 334 g/mol. The topological polar surface area (TPSA) is 41.4 Å². The van der Waals surface area contributed by atoms with Crippen molar-refractivity contribution in [1.29, 1.82) is 0 Å². The molecular weight excluding hydrogens is 312 g/mol. The van der Waals surface area contributed by atoms with Crippen LogP contribution in [0.2, 0.25) is 0 Å². The fourth-order valence-electron chi connectivity index (χ4n) is 3.36. The molecule has 1 aliphatic rings. The van der Waals surface area contributed by atoms with Crippen LogP contribution in [0.15, 0.2) is 54.9 Å². The second kappa shape index (κ2) is 6.69. The predicted molar refractivity (Wildman–Crippen MR) is 99.1 cm³/mol. The molecule has 0 N–H and O–H groups in total. The summed E-state index contributed by atoms with van der Waals surface area (Å²) in [5.41, 5.74) is 3.80. The monoisotopic (exact) mass is 334 g/mol. The number of fused-ring (bicyclic) bond motifs is 1. The van der Waals surface area contributed by atoms with Crippen LogP contribution in [0.3, 0.4) is 0 Å². The minimum atomic E-state index is 0.123. The highest BCUT2D eigenvalue weighted by atomic mass is 16.2. The second-order valence-electron chi connectivity index (χ2n) is 6.60. The number of carbonyl (C=O) groups excluding carboxylic acids is 1. The molecule has 1 aliphatic heterocycles. The summed E-state index contributed by atoms with van der Waals surface area (Å²) < 4.78 is 2.05. The van der Waals surface area contributed by atoms with Crippen molar-refractivity contribution in [3.8, 4) is 5.69 Å². The number of aromatic nitrogens is 2. The van der Waals surface area contributed by atoms with E-state index in [0.717, 1.165) is 54.9 Å². The van der Waals surface area contributed by atoms with Gasteiger partial charge in [0, 0.05) is 30.9 Å². The molecule has 25 heavy (non-hydrogen) atoms. The van der Waals surface area contributed by atoms with Crippen molar-refractivity contribution in [2.24, 2.45) is 0 Å². The highest BCUT2D eigenvalue weighted by Crippen LogP contribution is 2.19. The molecule has 1 fully saturated rings. The molecule has 2 aromatic carbocycles. The van der Waals surface area contributed by atoms with Crippen LogP contribution >= 0.6 is 0 Å². The third-order valence-electron chi connectivity index (χ3n) is 4.85. The Bertz CT molecular complexity index is 884. The van der Waals surface area contributed by atoms with E-state index in [4.69, 9.17) is 0 Å². The summed E-state index contributed by atoms with van der Waals surface area (Å²) in [7, 11) is 2.11. The van der Waals surface area contributed by atoms with Crippen molar-refractivity contribution >= 4 is 16.9 Å². The Hall–Kier alpha value is -2.66. The minimum absolute atomic E-state index is 0.123. The third-order valence-corrected chi connectivity index (χ3v) is 4.85. The first-order valence-corrected chi connectivity index (χ1v) is 8.73. The van der Waals surface area contributed by atoms with E-state index in [1.807, 2.05) is 58.3 Å². The van der Waals surface area contributed by atoms with Gasteiger partial charge in [-0.3, -0.25) is 9.36 Å². The van der Waals surface area contributed by atoms with Gasteiger partial charge in [0.1, 0.15) is 6.33 Å². The quantitative estimate of drug-likeness (QED) is 0.724. The van der Waals surface area contributed by atoms with E-state index in [-0.39, 0.29) is 5.91 Å². The van der Waals surface area contributed by atoms with Gasteiger partial charge in [-0.1, -0.05) is 12.1 Å². The third kappa shape index (κ3) is 3.15.